The van der Waals surface area contributed by atoms with E-state index in [0.29, 0.717) is 16.5 Å². The molecule has 1 amide bonds. The largest absolute Gasteiger partial charge is 0.494 e. The van der Waals surface area contributed by atoms with Gasteiger partial charge in [-0.2, -0.15) is 0 Å². The predicted octanol–water partition coefficient (Wildman–Crippen LogP) is 7.28. The summed E-state index contributed by atoms with van der Waals surface area (Å²) in [6.45, 7) is 14.3. The number of ether oxygens (including phenoxy) is 1. The number of benzene rings is 2. The summed E-state index contributed by atoms with van der Waals surface area (Å²) in [6, 6.07) is 20.1. The van der Waals surface area contributed by atoms with Crippen LogP contribution in [0.3, 0.4) is 0 Å². The zero-order chi connectivity index (χ0) is 30.3. The summed E-state index contributed by atoms with van der Waals surface area (Å²) >= 11 is 5.99. The van der Waals surface area contributed by atoms with Gasteiger partial charge in [0.2, 0.25) is 5.91 Å². The van der Waals surface area contributed by atoms with Crippen LogP contribution in [0.25, 0.3) is 5.69 Å². The number of nitrogens with one attached hydrogen (secondary N) is 2. The zero-order valence-corrected chi connectivity index (χ0v) is 26.4. The van der Waals surface area contributed by atoms with Crippen molar-refractivity contribution in [2.45, 2.75) is 60.5 Å². The highest BCUT2D eigenvalue weighted by Gasteiger charge is 2.42. The molecule has 0 aliphatic carbocycles. The van der Waals surface area contributed by atoms with E-state index < -0.39 is 5.41 Å². The number of nitrogens with zero attached hydrogens (tertiary/aromatic N) is 3. The molecule has 0 radical (unpaired) electrons. The molecule has 1 aliphatic rings. The third-order valence-electron chi connectivity index (χ3n) is 8.10. The van der Waals surface area contributed by atoms with Crippen molar-refractivity contribution >= 4 is 34.6 Å². The minimum absolute atomic E-state index is 0.0844. The molecular formula is C34H39N5O2S. The van der Waals surface area contributed by atoms with E-state index in [2.05, 4.69) is 72.1 Å². The van der Waals surface area contributed by atoms with Crippen LogP contribution < -0.4 is 20.3 Å². The van der Waals surface area contributed by atoms with Gasteiger partial charge in [0, 0.05) is 40.4 Å². The molecule has 2 atom stereocenters. The molecule has 42 heavy (non-hydrogen) atoms. The lowest BCUT2D eigenvalue weighted by Gasteiger charge is -2.29. The number of anilines is 2. The topological polar surface area (TPSA) is 71.4 Å². The fourth-order valence-electron chi connectivity index (χ4n) is 5.63. The summed E-state index contributed by atoms with van der Waals surface area (Å²) in [4.78, 5) is 19.6. The Labute approximate surface area is 253 Å². The van der Waals surface area contributed by atoms with Gasteiger partial charge in [-0.25, -0.2) is 0 Å². The molecule has 5 rings (SSSR count). The molecule has 3 heterocycles. The minimum Gasteiger partial charge on any atom is -0.494 e. The second kappa shape index (κ2) is 11.2. The zero-order valence-electron chi connectivity index (χ0n) is 25.6. The number of pyridine rings is 1. The maximum atomic E-state index is 12.7. The average Bonchev–Trinajstić information content (AvgIpc) is 3.45. The SMILES string of the molecule is COc1cc(N2C(=S)N[C@@H](c3ccccn3)[C@H]2c2cc(C)n(-c3cccc(C)c3C)c2C)ccc1NC(=O)C(C)(C)C. The van der Waals surface area contributed by atoms with Crippen molar-refractivity contribution in [3.8, 4) is 11.4 Å². The van der Waals surface area contributed by atoms with E-state index in [9.17, 15) is 4.79 Å². The standard InChI is InChI=1S/C34H39N5O2S/c1-20-12-11-14-28(22(20)3)38-21(2)18-25(23(38)4)31-30(27-13-9-10-17-35-27)37-33(42)39(31)24-15-16-26(29(19-24)41-8)36-32(40)34(5,6)7/h9-19,30-31H,1-8H3,(H,36,40)(H,37,42)/t30-,31+/m0/s1. The molecule has 7 nitrogen and oxygen atoms in total. The highest BCUT2D eigenvalue weighted by atomic mass is 32.1. The van der Waals surface area contributed by atoms with Crippen LogP contribution >= 0.6 is 12.2 Å². The molecule has 2 aromatic carbocycles. The molecule has 0 spiro atoms. The maximum absolute atomic E-state index is 12.7. The lowest BCUT2D eigenvalue weighted by molar-refractivity contribution is -0.123. The Morgan fingerprint density at radius 2 is 1.79 bits per heavy atom. The molecule has 1 fully saturated rings. The number of thiocarbonyl (C=S) groups is 1. The lowest BCUT2D eigenvalue weighted by Crippen LogP contribution is -2.30. The predicted molar refractivity (Wildman–Crippen MR) is 174 cm³/mol. The van der Waals surface area contributed by atoms with Crippen molar-refractivity contribution < 1.29 is 9.53 Å². The highest BCUT2D eigenvalue weighted by molar-refractivity contribution is 7.80. The molecule has 0 saturated carbocycles. The van der Waals surface area contributed by atoms with E-state index in [4.69, 9.17) is 21.9 Å². The summed E-state index contributed by atoms with van der Waals surface area (Å²) < 4.78 is 8.09. The maximum Gasteiger partial charge on any atom is 0.229 e. The van der Waals surface area contributed by atoms with Gasteiger partial charge in [0.15, 0.2) is 5.11 Å². The summed E-state index contributed by atoms with van der Waals surface area (Å²) in [5, 5.41) is 7.17. The van der Waals surface area contributed by atoms with E-state index in [-0.39, 0.29) is 18.0 Å². The number of carbonyl (C=O) groups excluding carboxylic acids is 1. The fraction of sp³-hybridized carbons (Fsp3) is 0.324. The van der Waals surface area contributed by atoms with Crippen LogP contribution in [0.2, 0.25) is 0 Å². The number of amides is 1. The Kier molecular flexibility index (Phi) is 7.86. The first kappa shape index (κ1) is 29.3. The first-order valence-corrected chi connectivity index (χ1v) is 14.6. The van der Waals surface area contributed by atoms with Crippen LogP contribution in [0.4, 0.5) is 11.4 Å². The molecule has 1 saturated heterocycles. The molecule has 2 N–H and O–H groups in total. The summed E-state index contributed by atoms with van der Waals surface area (Å²) in [5.74, 6) is 0.479. The number of hydrogen-bond acceptors (Lipinski definition) is 4. The Morgan fingerprint density at radius 1 is 1.02 bits per heavy atom. The number of carbonyl (C=O) groups is 1. The van der Waals surface area contributed by atoms with Gasteiger partial charge in [-0.15, -0.1) is 0 Å². The first-order chi connectivity index (χ1) is 19.9. The van der Waals surface area contributed by atoms with Gasteiger partial charge in [-0.3, -0.25) is 9.78 Å². The smallest absolute Gasteiger partial charge is 0.229 e. The number of aromatic nitrogens is 2. The summed E-state index contributed by atoms with van der Waals surface area (Å²) in [7, 11) is 1.61. The van der Waals surface area contributed by atoms with E-state index >= 15 is 0 Å². The van der Waals surface area contributed by atoms with Crippen molar-refractivity contribution in [1.29, 1.82) is 0 Å². The third kappa shape index (κ3) is 5.27. The Hall–Kier alpha value is -4.17. The van der Waals surface area contributed by atoms with Gasteiger partial charge in [0.05, 0.1) is 30.6 Å². The highest BCUT2D eigenvalue weighted by Crippen LogP contribution is 2.45. The van der Waals surface area contributed by atoms with Crippen molar-refractivity contribution in [3.05, 3.63) is 101 Å². The van der Waals surface area contributed by atoms with Gasteiger partial charge in [0.25, 0.3) is 0 Å². The van der Waals surface area contributed by atoms with Gasteiger partial charge in [-0.05, 0) is 93.0 Å². The quantitative estimate of drug-likeness (QED) is 0.233. The Morgan fingerprint density at radius 3 is 2.45 bits per heavy atom. The van der Waals surface area contributed by atoms with Gasteiger partial charge >= 0.3 is 0 Å². The van der Waals surface area contributed by atoms with Gasteiger partial charge in [-0.1, -0.05) is 39.0 Å². The van der Waals surface area contributed by atoms with Crippen molar-refractivity contribution in [2.75, 3.05) is 17.3 Å². The normalized spacial score (nSPS) is 16.9. The van der Waals surface area contributed by atoms with Crippen molar-refractivity contribution in [3.63, 3.8) is 0 Å². The molecule has 218 valence electrons. The molecule has 2 aromatic heterocycles. The Bertz CT molecular complexity index is 1650. The van der Waals surface area contributed by atoms with E-state index in [0.717, 1.165) is 28.3 Å². The number of aryl methyl sites for hydroxylation is 2. The molecule has 0 unspecified atom stereocenters. The second-order valence-electron chi connectivity index (χ2n) is 12.0. The van der Waals surface area contributed by atoms with Crippen LogP contribution in [-0.2, 0) is 4.79 Å². The minimum atomic E-state index is -0.538. The number of methoxy groups -OCH3 is 1. The van der Waals surface area contributed by atoms with Crippen LogP contribution in [-0.4, -0.2) is 27.7 Å². The monoisotopic (exact) mass is 581 g/mol. The average molecular weight is 582 g/mol. The van der Waals surface area contributed by atoms with Crippen molar-refractivity contribution in [2.24, 2.45) is 5.41 Å². The number of hydrogen-bond donors (Lipinski definition) is 2. The van der Waals surface area contributed by atoms with Crippen molar-refractivity contribution in [1.82, 2.24) is 14.9 Å². The van der Waals surface area contributed by atoms with Gasteiger partial charge < -0.3 is 24.8 Å². The van der Waals surface area contributed by atoms with Crippen LogP contribution in [0, 0.1) is 33.1 Å². The Balaban J connectivity index is 1.64. The number of rotatable bonds is 6. The molecular weight excluding hydrogens is 542 g/mol. The van der Waals surface area contributed by atoms with Crippen LogP contribution in [0.15, 0.2) is 66.9 Å². The van der Waals surface area contributed by atoms with E-state index in [1.54, 1.807) is 7.11 Å². The van der Waals surface area contributed by atoms with E-state index in [1.807, 2.05) is 63.4 Å². The van der Waals surface area contributed by atoms with E-state index in [1.165, 1.54) is 16.8 Å². The lowest BCUT2D eigenvalue weighted by atomic mass is 9.95. The third-order valence-corrected chi connectivity index (χ3v) is 8.41. The summed E-state index contributed by atoms with van der Waals surface area (Å²) in [5.41, 5.74) is 8.96. The van der Waals surface area contributed by atoms with Crippen LogP contribution in [0.5, 0.6) is 5.75 Å². The second-order valence-corrected chi connectivity index (χ2v) is 12.4. The van der Waals surface area contributed by atoms with Crippen LogP contribution in [0.1, 0.15) is 66.6 Å². The molecule has 0 bridgehead atoms. The van der Waals surface area contributed by atoms with Gasteiger partial charge in [0.1, 0.15) is 5.75 Å². The molecule has 4 aromatic rings. The summed E-state index contributed by atoms with van der Waals surface area (Å²) in [6.07, 6.45) is 1.81. The first-order valence-electron chi connectivity index (χ1n) is 14.2. The molecule has 8 heteroatoms. The molecule has 1 aliphatic heterocycles. The fourth-order valence-corrected chi connectivity index (χ4v) is 5.97.